The number of nitrogens with zero attached hydrogens (tertiary/aromatic N) is 5. The number of hydrogen-bond acceptors (Lipinski definition) is 4. The second kappa shape index (κ2) is 11.9. The van der Waals surface area contributed by atoms with Crippen LogP contribution in [-0.4, -0.2) is 84.3 Å². The molecule has 7 nitrogen and oxygen atoms in total. The van der Waals surface area contributed by atoms with Crippen LogP contribution in [-0.2, 0) is 4.74 Å². The predicted octanol–water partition coefficient (Wildman–Crippen LogP) is 2.07. The van der Waals surface area contributed by atoms with Crippen LogP contribution in [0.25, 0.3) is 0 Å². The molecule has 8 heteroatoms. The third kappa shape index (κ3) is 6.60. The fraction of sp³-hybridized carbons (Fsp3) is 0.789. The van der Waals surface area contributed by atoms with Gasteiger partial charge in [-0.3, -0.25) is 9.89 Å². The molecular weight excluding hydrogens is 455 g/mol. The van der Waals surface area contributed by atoms with E-state index < -0.39 is 0 Å². The molecule has 2 saturated heterocycles. The van der Waals surface area contributed by atoms with E-state index in [2.05, 4.69) is 44.7 Å². The molecule has 1 aromatic rings. The lowest BCUT2D eigenvalue weighted by atomic mass is 9.93. The maximum Gasteiger partial charge on any atom is 0.193 e. The number of aliphatic imine (C=N–C) groups is 1. The molecule has 0 amide bonds. The number of aromatic nitrogens is 2. The van der Waals surface area contributed by atoms with Gasteiger partial charge in [-0.15, -0.1) is 24.0 Å². The van der Waals surface area contributed by atoms with Crippen molar-refractivity contribution in [2.45, 2.75) is 32.7 Å². The minimum absolute atomic E-state index is 0. The summed E-state index contributed by atoms with van der Waals surface area (Å²) in [5.41, 5.74) is 0. The first-order valence-electron chi connectivity index (χ1n) is 10.1. The normalized spacial score (nSPS) is 24.5. The molecule has 0 saturated carbocycles. The first-order chi connectivity index (χ1) is 12.8. The fourth-order valence-electron chi connectivity index (χ4n) is 3.82. The maximum absolute atomic E-state index is 5.41. The number of ether oxygens (including phenoxy) is 1. The Morgan fingerprint density at radius 2 is 2.11 bits per heavy atom. The number of guanidine groups is 1. The zero-order valence-corrected chi connectivity index (χ0v) is 19.0. The fourth-order valence-corrected chi connectivity index (χ4v) is 3.82. The van der Waals surface area contributed by atoms with E-state index in [9.17, 15) is 0 Å². The molecule has 2 aliphatic rings. The number of imidazole rings is 1. The molecule has 27 heavy (non-hydrogen) atoms. The van der Waals surface area contributed by atoms with Crippen molar-refractivity contribution in [3.63, 3.8) is 0 Å². The van der Waals surface area contributed by atoms with E-state index in [1.165, 1.54) is 6.42 Å². The van der Waals surface area contributed by atoms with Gasteiger partial charge in [-0.1, -0.05) is 6.92 Å². The van der Waals surface area contributed by atoms with Gasteiger partial charge in [0.1, 0.15) is 0 Å². The third-order valence-electron chi connectivity index (χ3n) is 5.46. The molecular formula is C19H35IN6O. The Balaban J connectivity index is 0.00000261. The molecule has 0 aromatic carbocycles. The van der Waals surface area contributed by atoms with Crippen LogP contribution in [0.2, 0.25) is 0 Å². The van der Waals surface area contributed by atoms with E-state index >= 15 is 0 Å². The molecule has 1 N–H and O–H groups in total. The topological polar surface area (TPSA) is 57.9 Å². The Kier molecular flexibility index (Phi) is 9.84. The summed E-state index contributed by atoms with van der Waals surface area (Å²) in [7, 11) is 0. The first kappa shape index (κ1) is 22.4. The number of piperidine rings is 1. The molecule has 0 radical (unpaired) electrons. The minimum Gasteiger partial charge on any atom is -0.379 e. The standard InChI is InChI=1S/C19H34N6O.HI/c1-3-21-19(22-6-4-8-23-11-13-26-14-12-23)24-9-5-17(2)18(15-24)25-10-7-20-16-25;/h7,10,16-18H,3-6,8-9,11-15H2,1-2H3,(H,21,22);1H. The lowest BCUT2D eigenvalue weighted by Gasteiger charge is -2.39. The number of rotatable bonds is 6. The highest BCUT2D eigenvalue weighted by Crippen LogP contribution is 2.27. The van der Waals surface area contributed by atoms with Gasteiger partial charge in [-0.2, -0.15) is 0 Å². The van der Waals surface area contributed by atoms with Crippen LogP contribution in [0.15, 0.2) is 23.7 Å². The van der Waals surface area contributed by atoms with E-state index in [4.69, 9.17) is 9.73 Å². The minimum atomic E-state index is 0. The van der Waals surface area contributed by atoms with Crippen molar-refractivity contribution in [3.8, 4) is 0 Å². The quantitative estimate of drug-likeness (QED) is 0.287. The molecule has 154 valence electrons. The van der Waals surface area contributed by atoms with Crippen molar-refractivity contribution >= 4 is 29.9 Å². The highest BCUT2D eigenvalue weighted by atomic mass is 127. The zero-order chi connectivity index (χ0) is 18.2. The molecule has 2 fully saturated rings. The summed E-state index contributed by atoms with van der Waals surface area (Å²) in [4.78, 5) is 14.0. The van der Waals surface area contributed by atoms with Crippen LogP contribution in [0.3, 0.4) is 0 Å². The summed E-state index contributed by atoms with van der Waals surface area (Å²) in [5.74, 6) is 1.72. The molecule has 3 heterocycles. The summed E-state index contributed by atoms with van der Waals surface area (Å²) >= 11 is 0. The van der Waals surface area contributed by atoms with E-state index in [1.807, 2.05) is 12.5 Å². The van der Waals surface area contributed by atoms with Crippen LogP contribution in [0.5, 0.6) is 0 Å². The Labute approximate surface area is 180 Å². The molecule has 0 bridgehead atoms. The number of morpholine rings is 1. The molecule has 2 atom stereocenters. The van der Waals surface area contributed by atoms with Gasteiger partial charge in [0.15, 0.2) is 5.96 Å². The highest BCUT2D eigenvalue weighted by Gasteiger charge is 2.28. The van der Waals surface area contributed by atoms with E-state index in [0.717, 1.165) is 71.4 Å². The van der Waals surface area contributed by atoms with Crippen molar-refractivity contribution in [3.05, 3.63) is 18.7 Å². The van der Waals surface area contributed by atoms with Gasteiger partial charge in [-0.25, -0.2) is 4.98 Å². The summed E-state index contributed by atoms with van der Waals surface area (Å²) in [6.07, 6.45) is 8.18. The maximum atomic E-state index is 5.41. The molecule has 2 aliphatic heterocycles. The van der Waals surface area contributed by atoms with Gasteiger partial charge >= 0.3 is 0 Å². The van der Waals surface area contributed by atoms with E-state index in [1.54, 1.807) is 0 Å². The van der Waals surface area contributed by atoms with Crippen LogP contribution in [0, 0.1) is 5.92 Å². The summed E-state index contributed by atoms with van der Waals surface area (Å²) < 4.78 is 7.66. The van der Waals surface area contributed by atoms with Gasteiger partial charge in [-0.05, 0) is 25.7 Å². The smallest absolute Gasteiger partial charge is 0.193 e. The van der Waals surface area contributed by atoms with Gasteiger partial charge in [0, 0.05) is 58.2 Å². The number of hydrogen-bond donors (Lipinski definition) is 1. The first-order valence-corrected chi connectivity index (χ1v) is 10.1. The van der Waals surface area contributed by atoms with Crippen LogP contribution >= 0.6 is 24.0 Å². The van der Waals surface area contributed by atoms with Crippen molar-refractivity contribution < 1.29 is 4.74 Å². The van der Waals surface area contributed by atoms with Crippen molar-refractivity contribution in [2.75, 3.05) is 59.0 Å². The van der Waals surface area contributed by atoms with Crippen LogP contribution in [0.4, 0.5) is 0 Å². The van der Waals surface area contributed by atoms with Gasteiger partial charge in [0.05, 0.1) is 25.6 Å². The van der Waals surface area contributed by atoms with Gasteiger partial charge in [0.2, 0.25) is 0 Å². The lowest BCUT2D eigenvalue weighted by molar-refractivity contribution is 0.0377. The Hall–Kier alpha value is -0.870. The number of halogens is 1. The molecule has 0 spiro atoms. The van der Waals surface area contributed by atoms with Gasteiger partial charge in [0.25, 0.3) is 0 Å². The van der Waals surface area contributed by atoms with Crippen molar-refractivity contribution in [1.82, 2.24) is 24.7 Å². The Morgan fingerprint density at radius 1 is 1.30 bits per heavy atom. The third-order valence-corrected chi connectivity index (χ3v) is 5.46. The van der Waals surface area contributed by atoms with Crippen molar-refractivity contribution in [1.29, 1.82) is 0 Å². The average Bonchev–Trinajstić information content (AvgIpc) is 3.20. The predicted molar refractivity (Wildman–Crippen MR) is 120 cm³/mol. The van der Waals surface area contributed by atoms with Gasteiger partial charge < -0.3 is 19.5 Å². The van der Waals surface area contributed by atoms with Crippen LogP contribution < -0.4 is 5.32 Å². The summed E-state index contributed by atoms with van der Waals surface area (Å²) in [5, 5.41) is 3.49. The molecule has 2 unspecified atom stereocenters. The average molecular weight is 490 g/mol. The van der Waals surface area contributed by atoms with Crippen LogP contribution in [0.1, 0.15) is 32.7 Å². The lowest BCUT2D eigenvalue weighted by Crippen LogP contribution is -2.49. The van der Waals surface area contributed by atoms with E-state index in [0.29, 0.717) is 12.0 Å². The Morgan fingerprint density at radius 3 is 2.81 bits per heavy atom. The number of nitrogens with one attached hydrogen (secondary N) is 1. The monoisotopic (exact) mass is 490 g/mol. The Bertz CT molecular complexity index is 546. The summed E-state index contributed by atoms with van der Waals surface area (Å²) in [6.45, 7) is 13.3. The summed E-state index contributed by atoms with van der Waals surface area (Å²) in [6, 6.07) is 0.462. The SMILES string of the molecule is CCNC(=NCCCN1CCOCC1)N1CCC(C)C(n2ccnc2)C1.I. The highest BCUT2D eigenvalue weighted by molar-refractivity contribution is 14.0. The zero-order valence-electron chi connectivity index (χ0n) is 16.7. The second-order valence-corrected chi connectivity index (χ2v) is 7.33. The molecule has 0 aliphatic carbocycles. The van der Waals surface area contributed by atoms with E-state index in [-0.39, 0.29) is 24.0 Å². The largest absolute Gasteiger partial charge is 0.379 e. The van der Waals surface area contributed by atoms with Crippen molar-refractivity contribution in [2.24, 2.45) is 10.9 Å². The molecule has 3 rings (SSSR count). The second-order valence-electron chi connectivity index (χ2n) is 7.33. The number of likely N-dealkylation sites (tertiary alicyclic amines) is 1. The molecule has 1 aromatic heterocycles.